The summed E-state index contributed by atoms with van der Waals surface area (Å²) in [4.78, 5) is 13.3. The molecule has 0 bridgehead atoms. The van der Waals surface area contributed by atoms with Gasteiger partial charge in [-0.1, -0.05) is 0 Å². The number of allylic oxidation sites excluding steroid dienone is 1. The fourth-order valence-electron chi connectivity index (χ4n) is 1.67. The topological polar surface area (TPSA) is 29.5 Å². The molecule has 0 unspecified atom stereocenters. The quantitative estimate of drug-likeness (QED) is 0.678. The van der Waals surface area contributed by atoms with Gasteiger partial charge in [0.1, 0.15) is 11.4 Å². The summed E-state index contributed by atoms with van der Waals surface area (Å²) in [7, 11) is 0. The van der Waals surface area contributed by atoms with Gasteiger partial charge in [0.25, 0.3) is 0 Å². The van der Waals surface area contributed by atoms with Crippen LogP contribution in [0.4, 0.5) is 9.18 Å². The van der Waals surface area contributed by atoms with Crippen molar-refractivity contribution in [3.05, 3.63) is 11.4 Å². The molecule has 0 spiro atoms. The number of hydrogen-bond acceptors (Lipinski definition) is 2. The van der Waals surface area contributed by atoms with E-state index in [1.807, 2.05) is 20.8 Å². The number of hydrogen-bond donors (Lipinski definition) is 0. The van der Waals surface area contributed by atoms with E-state index < -0.39 is 11.7 Å². The van der Waals surface area contributed by atoms with Gasteiger partial charge in [-0.25, -0.2) is 9.18 Å². The van der Waals surface area contributed by atoms with Gasteiger partial charge in [-0.15, -0.1) is 11.6 Å². The van der Waals surface area contributed by atoms with E-state index in [2.05, 4.69) is 0 Å². The minimum Gasteiger partial charge on any atom is -0.444 e. The second-order valence-corrected chi connectivity index (χ2v) is 5.41. The molecular weight excluding hydrogens is 245 g/mol. The van der Waals surface area contributed by atoms with Crippen LogP contribution in [0.25, 0.3) is 0 Å². The zero-order valence-electron chi connectivity index (χ0n) is 10.6. The van der Waals surface area contributed by atoms with Crippen LogP contribution in [-0.2, 0) is 4.74 Å². The zero-order valence-corrected chi connectivity index (χ0v) is 11.3. The summed E-state index contributed by atoms with van der Waals surface area (Å²) >= 11 is 5.45. The maximum Gasteiger partial charge on any atom is 0.410 e. The van der Waals surface area contributed by atoms with Crippen molar-refractivity contribution in [1.29, 1.82) is 0 Å². The van der Waals surface area contributed by atoms with Gasteiger partial charge in [-0.3, -0.25) is 0 Å². The largest absolute Gasteiger partial charge is 0.444 e. The van der Waals surface area contributed by atoms with Crippen LogP contribution in [-0.4, -0.2) is 35.6 Å². The maximum absolute atomic E-state index is 13.4. The lowest BCUT2D eigenvalue weighted by Crippen LogP contribution is -2.40. The average Bonchev–Trinajstić information content (AvgIpc) is 2.26. The average molecular weight is 264 g/mol. The van der Waals surface area contributed by atoms with Crippen molar-refractivity contribution in [3.8, 4) is 0 Å². The summed E-state index contributed by atoms with van der Waals surface area (Å²) in [5, 5.41) is 0. The summed E-state index contributed by atoms with van der Waals surface area (Å²) in [6.07, 6.45) is 1.02. The summed E-state index contributed by atoms with van der Waals surface area (Å²) in [5.41, 5.74) is 0.0841. The Kier molecular flexibility index (Phi) is 4.80. The van der Waals surface area contributed by atoms with Crippen molar-refractivity contribution in [1.82, 2.24) is 4.90 Å². The predicted molar refractivity (Wildman–Crippen MR) is 65.9 cm³/mol. The van der Waals surface area contributed by atoms with Gasteiger partial charge >= 0.3 is 6.09 Å². The minimum absolute atomic E-state index is 0.127. The van der Waals surface area contributed by atoms with Crippen LogP contribution in [0.1, 0.15) is 33.6 Å². The van der Waals surface area contributed by atoms with Crippen LogP contribution >= 0.6 is 11.6 Å². The van der Waals surface area contributed by atoms with E-state index >= 15 is 0 Å². The highest BCUT2D eigenvalue weighted by atomic mass is 35.5. The lowest BCUT2D eigenvalue weighted by atomic mass is 10.0. The third-order valence-corrected chi connectivity index (χ3v) is 2.68. The number of carbonyl (C=O) groups excluding carboxylic acids is 1. The molecule has 5 heteroatoms. The van der Waals surface area contributed by atoms with Crippen LogP contribution in [0, 0.1) is 0 Å². The number of carbonyl (C=O) groups is 1. The van der Waals surface area contributed by atoms with Gasteiger partial charge in [-0.2, -0.15) is 0 Å². The SMILES string of the molecule is CC(C)(C)OC(=O)N1CCC/C(=C(\F)CCl)C1. The monoisotopic (exact) mass is 263 g/mol. The normalized spacial score (nSPS) is 20.2. The van der Waals surface area contributed by atoms with Crippen molar-refractivity contribution >= 4 is 17.7 Å². The summed E-state index contributed by atoms with van der Waals surface area (Å²) < 4.78 is 18.6. The molecular formula is C12H19ClFNO2. The number of likely N-dealkylation sites (tertiary alicyclic amines) is 1. The molecule has 0 radical (unpaired) electrons. The molecule has 3 nitrogen and oxygen atoms in total. The Morgan fingerprint density at radius 3 is 2.71 bits per heavy atom. The second kappa shape index (κ2) is 5.71. The lowest BCUT2D eigenvalue weighted by Gasteiger charge is -2.31. The number of amides is 1. The van der Waals surface area contributed by atoms with Crippen LogP contribution < -0.4 is 0 Å². The van der Waals surface area contributed by atoms with E-state index in [4.69, 9.17) is 16.3 Å². The highest BCUT2D eigenvalue weighted by molar-refractivity contribution is 6.19. The Bertz CT molecular complexity index is 323. The van der Waals surface area contributed by atoms with E-state index in [0.29, 0.717) is 18.5 Å². The molecule has 0 atom stereocenters. The van der Waals surface area contributed by atoms with Crippen LogP contribution in [0.15, 0.2) is 11.4 Å². The van der Waals surface area contributed by atoms with E-state index in [1.165, 1.54) is 4.90 Å². The highest BCUT2D eigenvalue weighted by Gasteiger charge is 2.26. The molecule has 1 fully saturated rings. The molecule has 0 aromatic rings. The van der Waals surface area contributed by atoms with E-state index in [0.717, 1.165) is 6.42 Å². The lowest BCUT2D eigenvalue weighted by molar-refractivity contribution is 0.0245. The van der Waals surface area contributed by atoms with E-state index in [9.17, 15) is 9.18 Å². The fraction of sp³-hybridized carbons (Fsp3) is 0.750. The number of ether oxygens (including phenoxy) is 1. The number of rotatable bonds is 1. The molecule has 1 rings (SSSR count). The van der Waals surface area contributed by atoms with Crippen molar-refractivity contribution in [2.45, 2.75) is 39.2 Å². The first-order valence-corrected chi connectivity index (χ1v) is 6.27. The van der Waals surface area contributed by atoms with Crippen LogP contribution in [0.5, 0.6) is 0 Å². The highest BCUT2D eigenvalue weighted by Crippen LogP contribution is 2.22. The molecule has 1 aliphatic heterocycles. The Morgan fingerprint density at radius 1 is 1.53 bits per heavy atom. The first-order chi connectivity index (χ1) is 7.83. The molecule has 0 aromatic carbocycles. The number of piperidine rings is 1. The molecule has 17 heavy (non-hydrogen) atoms. The van der Waals surface area contributed by atoms with Crippen molar-refractivity contribution in [2.24, 2.45) is 0 Å². The van der Waals surface area contributed by atoms with E-state index in [-0.39, 0.29) is 18.3 Å². The van der Waals surface area contributed by atoms with Crippen molar-refractivity contribution in [2.75, 3.05) is 19.0 Å². The third-order valence-electron chi connectivity index (χ3n) is 2.44. The summed E-state index contributed by atoms with van der Waals surface area (Å²) in [6, 6.07) is 0. The zero-order chi connectivity index (χ0) is 13.1. The predicted octanol–water partition coefficient (Wildman–Crippen LogP) is 3.48. The van der Waals surface area contributed by atoms with Gasteiger partial charge < -0.3 is 9.64 Å². The Balaban J connectivity index is 2.64. The van der Waals surface area contributed by atoms with Crippen LogP contribution in [0.3, 0.4) is 0 Å². The first-order valence-electron chi connectivity index (χ1n) is 5.74. The van der Waals surface area contributed by atoms with E-state index in [1.54, 1.807) is 0 Å². The molecule has 0 saturated carbocycles. The molecule has 0 aromatic heterocycles. The first kappa shape index (κ1) is 14.3. The van der Waals surface area contributed by atoms with Gasteiger partial charge in [0, 0.05) is 13.1 Å². The van der Waals surface area contributed by atoms with Gasteiger partial charge in [0.15, 0.2) is 0 Å². The Morgan fingerprint density at radius 2 is 2.18 bits per heavy atom. The van der Waals surface area contributed by atoms with Crippen molar-refractivity contribution < 1.29 is 13.9 Å². The fourth-order valence-corrected chi connectivity index (χ4v) is 1.86. The summed E-state index contributed by atoms with van der Waals surface area (Å²) in [6.45, 7) is 6.32. The minimum atomic E-state index is -0.524. The Hall–Kier alpha value is -0.770. The standard InChI is InChI=1S/C12H19ClFNO2/c1-12(2,3)17-11(16)15-6-4-5-9(8-15)10(14)7-13/h4-8H2,1-3H3/b10-9+. The van der Waals surface area contributed by atoms with Gasteiger partial charge in [0.05, 0.1) is 5.88 Å². The second-order valence-electron chi connectivity index (χ2n) is 5.15. The molecule has 1 heterocycles. The number of alkyl halides is 1. The third kappa shape index (κ3) is 4.54. The molecule has 0 aliphatic carbocycles. The number of halogens is 2. The van der Waals surface area contributed by atoms with Gasteiger partial charge in [-0.05, 0) is 39.2 Å². The van der Waals surface area contributed by atoms with Gasteiger partial charge in [0.2, 0.25) is 0 Å². The number of nitrogens with zero attached hydrogens (tertiary/aromatic N) is 1. The maximum atomic E-state index is 13.4. The summed E-state index contributed by atoms with van der Waals surface area (Å²) in [5.74, 6) is -0.447. The molecule has 0 N–H and O–H groups in total. The smallest absolute Gasteiger partial charge is 0.410 e. The van der Waals surface area contributed by atoms with Crippen LogP contribution in [0.2, 0.25) is 0 Å². The van der Waals surface area contributed by atoms with Crippen molar-refractivity contribution in [3.63, 3.8) is 0 Å². The Labute approximate surface area is 107 Å². The molecule has 1 saturated heterocycles. The molecule has 98 valence electrons. The molecule has 1 aliphatic rings. The molecule has 1 amide bonds.